The standard InChI is InChI=1S/C17H23BrFNO3/c1-9(2)8-23-16(22)20-14-7-13(19)12(18)6-11(14)10(3)15(21)17(20,4)5/h6-7,9-10,15,21H,8H2,1-5H3. The molecule has 2 atom stereocenters. The van der Waals surface area contributed by atoms with Crippen LogP contribution in [-0.2, 0) is 4.74 Å². The summed E-state index contributed by atoms with van der Waals surface area (Å²) in [5, 5.41) is 10.7. The van der Waals surface area contributed by atoms with E-state index in [1.807, 2.05) is 20.8 Å². The van der Waals surface area contributed by atoms with Crippen LogP contribution in [0.4, 0.5) is 14.9 Å². The average Bonchev–Trinajstić information content (AvgIpc) is 2.45. The Morgan fingerprint density at radius 3 is 2.65 bits per heavy atom. The predicted molar refractivity (Wildman–Crippen MR) is 91.3 cm³/mol. The van der Waals surface area contributed by atoms with Crippen LogP contribution in [0.1, 0.15) is 46.1 Å². The first kappa shape index (κ1) is 18.2. The highest BCUT2D eigenvalue weighted by Crippen LogP contribution is 2.45. The summed E-state index contributed by atoms with van der Waals surface area (Å²) in [7, 11) is 0. The lowest BCUT2D eigenvalue weighted by Crippen LogP contribution is -2.60. The van der Waals surface area contributed by atoms with Crippen molar-refractivity contribution in [2.24, 2.45) is 5.92 Å². The van der Waals surface area contributed by atoms with Crippen molar-refractivity contribution in [2.45, 2.75) is 52.2 Å². The fourth-order valence-electron chi connectivity index (χ4n) is 2.97. The molecular formula is C17H23BrFNO3. The van der Waals surface area contributed by atoms with Crippen LogP contribution < -0.4 is 4.90 Å². The number of amides is 1. The molecule has 1 N–H and O–H groups in total. The number of ether oxygens (including phenoxy) is 1. The Balaban J connectivity index is 2.53. The molecule has 1 aliphatic heterocycles. The lowest BCUT2D eigenvalue weighted by molar-refractivity contribution is 0.0613. The van der Waals surface area contributed by atoms with Crippen molar-refractivity contribution in [1.82, 2.24) is 0 Å². The Labute approximate surface area is 144 Å². The highest BCUT2D eigenvalue weighted by atomic mass is 79.9. The summed E-state index contributed by atoms with van der Waals surface area (Å²) < 4.78 is 19.7. The molecule has 4 nitrogen and oxygen atoms in total. The maximum Gasteiger partial charge on any atom is 0.414 e. The summed E-state index contributed by atoms with van der Waals surface area (Å²) in [6.07, 6.45) is -1.36. The Morgan fingerprint density at radius 1 is 1.48 bits per heavy atom. The van der Waals surface area contributed by atoms with Crippen LogP contribution in [-0.4, -0.2) is 29.4 Å². The SMILES string of the molecule is CC(C)COC(=O)N1c2cc(F)c(Br)cc2C(C)C(O)C1(C)C. The van der Waals surface area contributed by atoms with Crippen LogP contribution in [0.5, 0.6) is 0 Å². The summed E-state index contributed by atoms with van der Waals surface area (Å²) in [6.45, 7) is 9.53. The smallest absolute Gasteiger partial charge is 0.414 e. The molecule has 1 aromatic carbocycles. The van der Waals surface area contributed by atoms with Gasteiger partial charge in [-0.2, -0.15) is 0 Å². The summed E-state index contributed by atoms with van der Waals surface area (Å²) in [4.78, 5) is 14.0. The van der Waals surface area contributed by atoms with Crippen LogP contribution in [0.3, 0.4) is 0 Å². The zero-order valence-corrected chi connectivity index (χ0v) is 15.6. The lowest BCUT2D eigenvalue weighted by Gasteiger charge is -2.48. The number of hydrogen-bond acceptors (Lipinski definition) is 3. The third kappa shape index (κ3) is 3.24. The van der Waals surface area contributed by atoms with Gasteiger partial charge in [-0.25, -0.2) is 9.18 Å². The molecule has 0 saturated carbocycles. The summed E-state index contributed by atoms with van der Waals surface area (Å²) in [5.74, 6) is -0.493. The van der Waals surface area contributed by atoms with Gasteiger partial charge in [-0.15, -0.1) is 0 Å². The van der Waals surface area contributed by atoms with E-state index in [-0.39, 0.29) is 18.4 Å². The Morgan fingerprint density at radius 2 is 2.09 bits per heavy atom. The van der Waals surface area contributed by atoms with Gasteiger partial charge in [0.15, 0.2) is 0 Å². The number of rotatable bonds is 2. The third-order valence-corrected chi connectivity index (χ3v) is 4.91. The Kier molecular flexibility index (Phi) is 5.06. The quantitative estimate of drug-likeness (QED) is 0.815. The van der Waals surface area contributed by atoms with E-state index in [1.54, 1.807) is 19.9 Å². The summed E-state index contributed by atoms with van der Waals surface area (Å²) >= 11 is 3.17. The second-order valence-corrected chi connectivity index (χ2v) is 7.87. The van der Waals surface area contributed by atoms with Gasteiger partial charge in [-0.3, -0.25) is 4.90 Å². The molecule has 0 bridgehead atoms. The number of aliphatic hydroxyl groups excluding tert-OH is 1. The van der Waals surface area contributed by atoms with E-state index < -0.39 is 23.6 Å². The Hall–Kier alpha value is -1.14. The van der Waals surface area contributed by atoms with Gasteiger partial charge in [0, 0.05) is 5.92 Å². The van der Waals surface area contributed by atoms with Gasteiger partial charge in [0.1, 0.15) is 5.82 Å². The van der Waals surface area contributed by atoms with Crippen LogP contribution >= 0.6 is 15.9 Å². The van der Waals surface area contributed by atoms with Crippen molar-refractivity contribution >= 4 is 27.7 Å². The van der Waals surface area contributed by atoms with Crippen molar-refractivity contribution in [2.75, 3.05) is 11.5 Å². The molecule has 0 spiro atoms. The van der Waals surface area contributed by atoms with Crippen LogP contribution in [0.2, 0.25) is 0 Å². The second kappa shape index (κ2) is 6.40. The van der Waals surface area contributed by atoms with E-state index in [0.29, 0.717) is 15.7 Å². The van der Waals surface area contributed by atoms with Crippen molar-refractivity contribution in [3.63, 3.8) is 0 Å². The van der Waals surface area contributed by atoms with Gasteiger partial charge >= 0.3 is 6.09 Å². The molecule has 0 aliphatic carbocycles. The molecule has 1 amide bonds. The molecule has 6 heteroatoms. The fourth-order valence-corrected chi connectivity index (χ4v) is 3.33. The van der Waals surface area contributed by atoms with Gasteiger partial charge in [0.05, 0.1) is 28.4 Å². The number of hydrogen-bond donors (Lipinski definition) is 1. The number of carbonyl (C=O) groups is 1. The molecule has 128 valence electrons. The summed E-state index contributed by atoms with van der Waals surface area (Å²) in [5.41, 5.74) is 0.259. The molecule has 0 radical (unpaired) electrons. The number of nitrogens with zero attached hydrogens (tertiary/aromatic N) is 1. The second-order valence-electron chi connectivity index (χ2n) is 7.02. The molecule has 23 heavy (non-hydrogen) atoms. The normalized spacial score (nSPS) is 22.9. The number of fused-ring (bicyclic) bond motifs is 1. The number of benzene rings is 1. The number of carbonyl (C=O) groups excluding carboxylic acids is 1. The molecule has 1 aromatic rings. The van der Waals surface area contributed by atoms with Crippen molar-refractivity contribution in [3.05, 3.63) is 28.0 Å². The number of aliphatic hydroxyl groups is 1. The first-order valence-electron chi connectivity index (χ1n) is 7.71. The van der Waals surface area contributed by atoms with Gasteiger partial charge in [0.2, 0.25) is 0 Å². The zero-order chi connectivity index (χ0) is 17.5. The number of halogens is 2. The largest absolute Gasteiger partial charge is 0.449 e. The zero-order valence-electron chi connectivity index (χ0n) is 14.1. The minimum absolute atomic E-state index is 0.192. The highest BCUT2D eigenvalue weighted by Gasteiger charge is 2.48. The maximum atomic E-state index is 14.0. The van der Waals surface area contributed by atoms with Gasteiger partial charge in [-0.1, -0.05) is 20.8 Å². The van der Waals surface area contributed by atoms with Crippen LogP contribution in [0.15, 0.2) is 16.6 Å². The molecule has 1 heterocycles. The van der Waals surface area contributed by atoms with Crippen molar-refractivity contribution < 1.29 is 19.0 Å². The summed E-state index contributed by atoms with van der Waals surface area (Å²) in [6, 6.07) is 2.94. The van der Waals surface area contributed by atoms with E-state index in [9.17, 15) is 14.3 Å². The molecule has 0 fully saturated rings. The third-order valence-electron chi connectivity index (χ3n) is 4.30. The van der Waals surface area contributed by atoms with Gasteiger partial charge in [0.25, 0.3) is 0 Å². The average molecular weight is 388 g/mol. The number of anilines is 1. The monoisotopic (exact) mass is 387 g/mol. The van der Waals surface area contributed by atoms with Crippen molar-refractivity contribution in [3.8, 4) is 0 Å². The first-order valence-corrected chi connectivity index (χ1v) is 8.50. The fraction of sp³-hybridized carbons (Fsp3) is 0.588. The topological polar surface area (TPSA) is 49.8 Å². The highest BCUT2D eigenvalue weighted by molar-refractivity contribution is 9.10. The van der Waals surface area contributed by atoms with Crippen LogP contribution in [0.25, 0.3) is 0 Å². The van der Waals surface area contributed by atoms with Gasteiger partial charge in [-0.05, 0) is 53.4 Å². The van der Waals surface area contributed by atoms with E-state index in [0.717, 1.165) is 0 Å². The van der Waals surface area contributed by atoms with Crippen molar-refractivity contribution in [1.29, 1.82) is 0 Å². The van der Waals surface area contributed by atoms with E-state index in [1.165, 1.54) is 11.0 Å². The van der Waals surface area contributed by atoms with Crippen LogP contribution in [0, 0.1) is 11.7 Å². The molecular weight excluding hydrogens is 365 g/mol. The van der Waals surface area contributed by atoms with E-state index in [2.05, 4.69) is 15.9 Å². The predicted octanol–water partition coefficient (Wildman–Crippen LogP) is 4.44. The van der Waals surface area contributed by atoms with E-state index in [4.69, 9.17) is 4.74 Å². The Bertz CT molecular complexity index is 618. The minimum atomic E-state index is -0.902. The van der Waals surface area contributed by atoms with E-state index >= 15 is 0 Å². The molecule has 2 rings (SSSR count). The molecule has 2 unspecified atom stereocenters. The lowest BCUT2D eigenvalue weighted by atomic mass is 9.77. The molecule has 0 aromatic heterocycles. The molecule has 1 aliphatic rings. The minimum Gasteiger partial charge on any atom is -0.449 e. The maximum absolute atomic E-state index is 14.0. The first-order chi connectivity index (χ1) is 10.6. The van der Waals surface area contributed by atoms with Gasteiger partial charge < -0.3 is 9.84 Å². The molecule has 0 saturated heterocycles.